The summed E-state index contributed by atoms with van der Waals surface area (Å²) in [6, 6.07) is 10.5. The number of piperidine rings is 1. The first-order valence-electron chi connectivity index (χ1n) is 12.5. The summed E-state index contributed by atoms with van der Waals surface area (Å²) in [6.07, 6.45) is 6.65. The highest BCUT2D eigenvalue weighted by Gasteiger charge is 2.40. The fourth-order valence-corrected chi connectivity index (χ4v) is 5.18. The van der Waals surface area contributed by atoms with Gasteiger partial charge in [0, 0.05) is 63.0 Å². The summed E-state index contributed by atoms with van der Waals surface area (Å²) in [5.74, 6) is 2.78. The highest BCUT2D eigenvalue weighted by atomic mass is 16.5. The van der Waals surface area contributed by atoms with Gasteiger partial charge in [0.1, 0.15) is 22.9 Å². The summed E-state index contributed by atoms with van der Waals surface area (Å²) in [5.41, 5.74) is 3.11. The second-order valence-corrected chi connectivity index (χ2v) is 10.2. The van der Waals surface area contributed by atoms with Crippen molar-refractivity contribution in [1.82, 2.24) is 25.4 Å². The maximum Gasteiger partial charge on any atom is 0.129 e. The van der Waals surface area contributed by atoms with Crippen LogP contribution in [0.4, 0.5) is 5.82 Å². The van der Waals surface area contributed by atoms with E-state index in [9.17, 15) is 0 Å². The summed E-state index contributed by atoms with van der Waals surface area (Å²) >= 11 is 0. The Morgan fingerprint density at radius 2 is 1.88 bits per heavy atom. The third-order valence-corrected chi connectivity index (χ3v) is 7.54. The SMILES string of the molecule is CC1(Oc2ccc3[nH]nc(-c4ccnc(N5CCC(CN6CCNCC6)CC5)c4)c3c2)CC1. The third-order valence-electron chi connectivity index (χ3n) is 7.54. The molecular weight excluding hydrogens is 412 g/mol. The summed E-state index contributed by atoms with van der Waals surface area (Å²) < 4.78 is 6.20. The number of H-pyrrole nitrogens is 1. The Labute approximate surface area is 195 Å². The number of rotatable bonds is 6. The predicted molar refractivity (Wildman–Crippen MR) is 132 cm³/mol. The van der Waals surface area contributed by atoms with Crippen LogP contribution in [0.25, 0.3) is 22.2 Å². The Kier molecular flexibility index (Phi) is 5.46. The molecule has 1 saturated carbocycles. The zero-order chi connectivity index (χ0) is 22.3. The van der Waals surface area contributed by atoms with Gasteiger partial charge in [0.15, 0.2) is 0 Å². The second kappa shape index (κ2) is 8.61. The van der Waals surface area contributed by atoms with Crippen molar-refractivity contribution in [2.45, 2.75) is 38.2 Å². The molecule has 1 aromatic carbocycles. The molecule has 33 heavy (non-hydrogen) atoms. The largest absolute Gasteiger partial charge is 0.488 e. The quantitative estimate of drug-likeness (QED) is 0.602. The lowest BCUT2D eigenvalue weighted by Crippen LogP contribution is -2.47. The molecule has 2 aromatic heterocycles. The number of hydrogen-bond acceptors (Lipinski definition) is 6. The van der Waals surface area contributed by atoms with Crippen molar-refractivity contribution < 1.29 is 4.74 Å². The average molecular weight is 447 g/mol. The van der Waals surface area contributed by atoms with Crippen LogP contribution in [0.15, 0.2) is 36.5 Å². The smallest absolute Gasteiger partial charge is 0.129 e. The molecule has 0 bridgehead atoms. The van der Waals surface area contributed by atoms with E-state index >= 15 is 0 Å². The van der Waals surface area contributed by atoms with Crippen LogP contribution in [-0.4, -0.2) is 71.5 Å². The molecule has 3 aliphatic rings. The van der Waals surface area contributed by atoms with Crippen molar-refractivity contribution in [3.8, 4) is 17.0 Å². The van der Waals surface area contributed by atoms with Crippen LogP contribution in [0, 0.1) is 5.92 Å². The average Bonchev–Trinajstić information content (AvgIpc) is 3.42. The molecule has 174 valence electrons. The minimum Gasteiger partial charge on any atom is -0.488 e. The second-order valence-electron chi connectivity index (χ2n) is 10.2. The zero-order valence-corrected chi connectivity index (χ0v) is 19.5. The van der Waals surface area contributed by atoms with E-state index in [2.05, 4.69) is 56.5 Å². The molecule has 0 atom stereocenters. The Hall–Kier alpha value is -2.64. The van der Waals surface area contributed by atoms with Crippen LogP contribution in [-0.2, 0) is 0 Å². The number of fused-ring (bicyclic) bond motifs is 1. The van der Waals surface area contributed by atoms with Gasteiger partial charge in [0.2, 0.25) is 0 Å². The highest BCUT2D eigenvalue weighted by Crippen LogP contribution is 2.40. The number of anilines is 1. The molecule has 0 radical (unpaired) electrons. The molecule has 6 rings (SSSR count). The lowest BCUT2D eigenvalue weighted by atomic mass is 9.95. The number of piperazine rings is 1. The number of benzene rings is 1. The number of nitrogens with zero attached hydrogens (tertiary/aromatic N) is 4. The van der Waals surface area contributed by atoms with E-state index in [-0.39, 0.29) is 5.60 Å². The van der Waals surface area contributed by atoms with E-state index in [4.69, 9.17) is 9.72 Å². The molecule has 2 saturated heterocycles. The van der Waals surface area contributed by atoms with E-state index in [1.54, 1.807) is 0 Å². The number of hydrogen-bond donors (Lipinski definition) is 2. The fourth-order valence-electron chi connectivity index (χ4n) is 5.18. The molecule has 0 amide bonds. The number of aromatic nitrogens is 3. The maximum atomic E-state index is 6.20. The molecule has 7 heteroatoms. The van der Waals surface area contributed by atoms with Crippen LogP contribution in [0.5, 0.6) is 5.75 Å². The van der Waals surface area contributed by atoms with Crippen LogP contribution < -0.4 is 15.0 Å². The van der Waals surface area contributed by atoms with Crippen molar-refractivity contribution in [3.63, 3.8) is 0 Å². The molecule has 0 spiro atoms. The van der Waals surface area contributed by atoms with Crippen LogP contribution >= 0.6 is 0 Å². The monoisotopic (exact) mass is 446 g/mol. The normalized spacial score (nSPS) is 21.4. The molecular formula is C26H34N6O. The van der Waals surface area contributed by atoms with Gasteiger partial charge in [0.05, 0.1) is 5.52 Å². The summed E-state index contributed by atoms with van der Waals surface area (Å²) in [4.78, 5) is 9.78. The standard InChI is InChI=1S/C26H34N6O/c1-26(7-8-26)33-21-2-3-23-22(17-21)25(30-29-23)20-4-9-28-24(16-20)32-12-5-19(6-13-32)18-31-14-10-27-11-15-31/h2-4,9,16-17,19,27H,5-8,10-15,18H2,1H3,(H,29,30). The lowest BCUT2D eigenvalue weighted by molar-refractivity contribution is 0.190. The molecule has 2 N–H and O–H groups in total. The predicted octanol–water partition coefficient (Wildman–Crippen LogP) is 3.68. The highest BCUT2D eigenvalue weighted by molar-refractivity contribution is 5.94. The Morgan fingerprint density at radius 3 is 2.67 bits per heavy atom. The molecule has 2 aliphatic heterocycles. The lowest BCUT2D eigenvalue weighted by Gasteiger charge is -2.36. The van der Waals surface area contributed by atoms with Gasteiger partial charge < -0.3 is 19.9 Å². The summed E-state index contributed by atoms with van der Waals surface area (Å²) in [6.45, 7) is 10.2. The van der Waals surface area contributed by atoms with Gasteiger partial charge in [-0.1, -0.05) is 0 Å². The van der Waals surface area contributed by atoms with E-state index in [0.29, 0.717) is 0 Å². The van der Waals surface area contributed by atoms with Gasteiger partial charge in [-0.05, 0) is 68.9 Å². The molecule has 3 aromatic rings. The first-order valence-corrected chi connectivity index (χ1v) is 12.5. The van der Waals surface area contributed by atoms with Crippen LogP contribution in [0.3, 0.4) is 0 Å². The van der Waals surface area contributed by atoms with Crippen molar-refractivity contribution >= 4 is 16.7 Å². The van der Waals surface area contributed by atoms with Crippen LogP contribution in [0.2, 0.25) is 0 Å². The number of ether oxygens (including phenoxy) is 1. The minimum absolute atomic E-state index is 0.0123. The zero-order valence-electron chi connectivity index (χ0n) is 19.5. The van der Waals surface area contributed by atoms with Gasteiger partial charge in [-0.2, -0.15) is 5.10 Å². The maximum absolute atomic E-state index is 6.20. The Morgan fingerprint density at radius 1 is 1.06 bits per heavy atom. The van der Waals surface area contributed by atoms with E-state index in [1.807, 2.05) is 12.3 Å². The Balaban J connectivity index is 1.16. The van der Waals surface area contributed by atoms with Gasteiger partial charge in [0.25, 0.3) is 0 Å². The van der Waals surface area contributed by atoms with E-state index in [1.165, 1.54) is 32.5 Å². The Bertz CT molecular complexity index is 1110. The summed E-state index contributed by atoms with van der Waals surface area (Å²) in [5, 5.41) is 12.4. The topological polar surface area (TPSA) is 69.3 Å². The molecule has 3 fully saturated rings. The van der Waals surface area contributed by atoms with Gasteiger partial charge in [-0.15, -0.1) is 0 Å². The van der Waals surface area contributed by atoms with E-state index < -0.39 is 0 Å². The molecule has 0 unspecified atom stereocenters. The molecule has 1 aliphatic carbocycles. The summed E-state index contributed by atoms with van der Waals surface area (Å²) in [7, 11) is 0. The number of nitrogens with one attached hydrogen (secondary N) is 2. The third kappa shape index (κ3) is 4.57. The van der Waals surface area contributed by atoms with Crippen molar-refractivity contribution in [2.24, 2.45) is 5.92 Å². The molecule has 7 nitrogen and oxygen atoms in total. The van der Waals surface area contributed by atoms with Gasteiger partial charge in [-0.3, -0.25) is 5.10 Å². The molecule has 4 heterocycles. The first-order chi connectivity index (χ1) is 16.2. The minimum atomic E-state index is 0.0123. The first kappa shape index (κ1) is 20.9. The number of aromatic amines is 1. The van der Waals surface area contributed by atoms with Crippen molar-refractivity contribution in [2.75, 3.05) is 50.7 Å². The van der Waals surface area contributed by atoms with Gasteiger partial charge >= 0.3 is 0 Å². The number of pyridine rings is 1. The van der Waals surface area contributed by atoms with E-state index in [0.717, 1.165) is 78.7 Å². The van der Waals surface area contributed by atoms with Crippen LogP contribution in [0.1, 0.15) is 32.6 Å². The van der Waals surface area contributed by atoms with Crippen molar-refractivity contribution in [3.05, 3.63) is 36.5 Å². The van der Waals surface area contributed by atoms with Crippen molar-refractivity contribution in [1.29, 1.82) is 0 Å². The van der Waals surface area contributed by atoms with Gasteiger partial charge in [-0.25, -0.2) is 4.98 Å². The fraction of sp³-hybridized carbons (Fsp3) is 0.538.